The van der Waals surface area contributed by atoms with Gasteiger partial charge in [-0.1, -0.05) is 11.6 Å². The molecule has 2 aromatic rings. The van der Waals surface area contributed by atoms with E-state index in [9.17, 15) is 0 Å². The van der Waals surface area contributed by atoms with Crippen molar-refractivity contribution in [2.75, 3.05) is 5.73 Å². The minimum atomic E-state index is 0. The molecule has 0 radical (unpaired) electrons. The molecule has 0 saturated carbocycles. The summed E-state index contributed by atoms with van der Waals surface area (Å²) in [6.07, 6.45) is 0. The molecule has 0 amide bonds. The SMILES string of the molecule is Cc1nn(-c2ccc(Cl)cc2)c(C)c1N.O. The Balaban J connectivity index is 0.00000128. The van der Waals surface area contributed by atoms with Gasteiger partial charge < -0.3 is 11.2 Å². The summed E-state index contributed by atoms with van der Waals surface area (Å²) in [6.45, 7) is 3.85. The van der Waals surface area contributed by atoms with Crippen LogP contribution in [0.4, 0.5) is 5.69 Å². The molecule has 16 heavy (non-hydrogen) atoms. The van der Waals surface area contributed by atoms with Gasteiger partial charge in [-0.05, 0) is 38.1 Å². The Bertz CT molecular complexity index is 491. The minimum Gasteiger partial charge on any atom is -0.412 e. The van der Waals surface area contributed by atoms with Crippen LogP contribution in [0.3, 0.4) is 0 Å². The van der Waals surface area contributed by atoms with Gasteiger partial charge in [0.15, 0.2) is 0 Å². The maximum atomic E-state index is 5.86. The summed E-state index contributed by atoms with van der Waals surface area (Å²) in [6, 6.07) is 7.51. The molecule has 0 spiro atoms. The Morgan fingerprint density at radius 1 is 1.19 bits per heavy atom. The highest BCUT2D eigenvalue weighted by Gasteiger charge is 2.08. The fraction of sp³-hybridized carbons (Fsp3) is 0.182. The summed E-state index contributed by atoms with van der Waals surface area (Å²) in [7, 11) is 0. The number of anilines is 1. The molecule has 86 valence electrons. The van der Waals surface area contributed by atoms with Gasteiger partial charge >= 0.3 is 0 Å². The highest BCUT2D eigenvalue weighted by atomic mass is 35.5. The van der Waals surface area contributed by atoms with Gasteiger partial charge in [-0.15, -0.1) is 0 Å². The van der Waals surface area contributed by atoms with Crippen molar-refractivity contribution in [3.8, 4) is 5.69 Å². The Morgan fingerprint density at radius 2 is 1.75 bits per heavy atom. The molecule has 4 nitrogen and oxygen atoms in total. The zero-order valence-corrected chi connectivity index (χ0v) is 9.92. The molecule has 1 aromatic carbocycles. The lowest BCUT2D eigenvalue weighted by molar-refractivity contribution is 0.824. The molecule has 5 heteroatoms. The van der Waals surface area contributed by atoms with Crippen LogP contribution in [-0.4, -0.2) is 15.3 Å². The quantitative estimate of drug-likeness (QED) is 0.825. The molecule has 2 rings (SSSR count). The third kappa shape index (κ3) is 2.03. The highest BCUT2D eigenvalue weighted by molar-refractivity contribution is 6.30. The van der Waals surface area contributed by atoms with Crippen LogP contribution in [0.15, 0.2) is 24.3 Å². The van der Waals surface area contributed by atoms with E-state index >= 15 is 0 Å². The smallest absolute Gasteiger partial charge is 0.0830 e. The number of hydrogen-bond acceptors (Lipinski definition) is 2. The number of halogens is 1. The summed E-state index contributed by atoms with van der Waals surface area (Å²) < 4.78 is 1.82. The van der Waals surface area contributed by atoms with Crippen LogP contribution in [0.5, 0.6) is 0 Å². The zero-order chi connectivity index (χ0) is 11.0. The lowest BCUT2D eigenvalue weighted by Crippen LogP contribution is -1.99. The van der Waals surface area contributed by atoms with Gasteiger partial charge in [0.2, 0.25) is 0 Å². The largest absolute Gasteiger partial charge is 0.412 e. The van der Waals surface area contributed by atoms with Crippen LogP contribution in [-0.2, 0) is 0 Å². The molecule has 0 aliphatic carbocycles. The molecule has 0 bridgehead atoms. The normalized spacial score (nSPS) is 9.94. The van der Waals surface area contributed by atoms with Crippen LogP contribution in [0.25, 0.3) is 5.69 Å². The molecular formula is C11H14ClN3O. The summed E-state index contributed by atoms with van der Waals surface area (Å²) in [5.41, 5.74) is 9.37. The minimum absolute atomic E-state index is 0. The first-order valence-corrected chi connectivity index (χ1v) is 5.05. The predicted octanol–water partition coefficient (Wildman–Crippen LogP) is 1.90. The first kappa shape index (κ1) is 12.5. The highest BCUT2D eigenvalue weighted by Crippen LogP contribution is 2.20. The maximum absolute atomic E-state index is 5.86. The maximum Gasteiger partial charge on any atom is 0.0830 e. The van der Waals surface area contributed by atoms with Gasteiger partial charge in [-0.25, -0.2) is 4.68 Å². The Hall–Kier alpha value is -1.52. The number of nitrogens with zero attached hydrogens (tertiary/aromatic N) is 2. The Labute approximate surface area is 98.9 Å². The number of rotatable bonds is 1. The standard InChI is InChI=1S/C11H12ClN3.H2O/c1-7-11(13)8(2)15(14-7)10-5-3-9(12)4-6-10;/h3-6H,13H2,1-2H3;1H2. The second-order valence-corrected chi connectivity index (χ2v) is 3.91. The molecular weight excluding hydrogens is 226 g/mol. The summed E-state index contributed by atoms with van der Waals surface area (Å²) in [5.74, 6) is 0. The van der Waals surface area contributed by atoms with Crippen molar-refractivity contribution in [2.45, 2.75) is 13.8 Å². The zero-order valence-electron chi connectivity index (χ0n) is 9.16. The molecule has 0 fully saturated rings. The van der Waals surface area contributed by atoms with Gasteiger partial charge in [0.05, 0.1) is 22.8 Å². The van der Waals surface area contributed by atoms with Gasteiger partial charge in [0, 0.05) is 5.02 Å². The van der Waals surface area contributed by atoms with Crippen molar-refractivity contribution in [3.05, 3.63) is 40.7 Å². The van der Waals surface area contributed by atoms with E-state index in [1.54, 1.807) is 0 Å². The van der Waals surface area contributed by atoms with Crippen molar-refractivity contribution >= 4 is 17.3 Å². The van der Waals surface area contributed by atoms with E-state index in [-0.39, 0.29) is 5.48 Å². The van der Waals surface area contributed by atoms with Crippen LogP contribution >= 0.6 is 11.6 Å². The van der Waals surface area contributed by atoms with Crippen LogP contribution in [0.2, 0.25) is 5.02 Å². The topological polar surface area (TPSA) is 75.3 Å². The van der Waals surface area contributed by atoms with E-state index in [4.69, 9.17) is 17.3 Å². The van der Waals surface area contributed by atoms with E-state index < -0.39 is 0 Å². The van der Waals surface area contributed by atoms with E-state index in [2.05, 4.69) is 5.10 Å². The first-order valence-electron chi connectivity index (χ1n) is 4.67. The number of benzene rings is 1. The summed E-state index contributed by atoms with van der Waals surface area (Å²) in [4.78, 5) is 0. The molecule has 4 N–H and O–H groups in total. The summed E-state index contributed by atoms with van der Waals surface area (Å²) in [5, 5.41) is 5.07. The van der Waals surface area contributed by atoms with Crippen molar-refractivity contribution < 1.29 is 5.48 Å². The molecule has 0 unspecified atom stereocenters. The van der Waals surface area contributed by atoms with E-state index in [0.29, 0.717) is 5.02 Å². The van der Waals surface area contributed by atoms with Crippen molar-refractivity contribution in [3.63, 3.8) is 0 Å². The molecule has 0 saturated heterocycles. The molecule has 1 aromatic heterocycles. The third-order valence-electron chi connectivity index (χ3n) is 2.42. The monoisotopic (exact) mass is 239 g/mol. The van der Waals surface area contributed by atoms with Crippen molar-refractivity contribution in [1.29, 1.82) is 0 Å². The van der Waals surface area contributed by atoms with Crippen molar-refractivity contribution in [2.24, 2.45) is 0 Å². The summed E-state index contributed by atoms with van der Waals surface area (Å²) >= 11 is 5.82. The van der Waals surface area contributed by atoms with Gasteiger partial charge in [-0.2, -0.15) is 5.10 Å². The lowest BCUT2D eigenvalue weighted by Gasteiger charge is -2.03. The Kier molecular flexibility index (Phi) is 3.57. The molecule has 0 aliphatic rings. The number of hydrogen-bond donors (Lipinski definition) is 1. The van der Waals surface area contributed by atoms with Gasteiger partial charge in [0.25, 0.3) is 0 Å². The van der Waals surface area contributed by atoms with E-state index in [1.807, 2.05) is 42.8 Å². The second-order valence-electron chi connectivity index (χ2n) is 3.47. The number of nitrogen functional groups attached to an aromatic ring is 1. The molecule has 0 atom stereocenters. The fourth-order valence-electron chi connectivity index (χ4n) is 1.49. The van der Waals surface area contributed by atoms with Gasteiger partial charge in [0.1, 0.15) is 0 Å². The van der Waals surface area contributed by atoms with Crippen LogP contribution < -0.4 is 5.73 Å². The number of nitrogens with two attached hydrogens (primary N) is 1. The second kappa shape index (κ2) is 4.55. The van der Waals surface area contributed by atoms with Crippen molar-refractivity contribution in [1.82, 2.24) is 9.78 Å². The first-order chi connectivity index (χ1) is 7.09. The average Bonchev–Trinajstić information content (AvgIpc) is 2.47. The van der Waals surface area contributed by atoms with E-state index in [0.717, 1.165) is 22.8 Å². The fourth-order valence-corrected chi connectivity index (χ4v) is 1.61. The van der Waals surface area contributed by atoms with Crippen LogP contribution in [0, 0.1) is 13.8 Å². The van der Waals surface area contributed by atoms with Gasteiger partial charge in [-0.3, -0.25) is 0 Å². The van der Waals surface area contributed by atoms with Crippen LogP contribution in [0.1, 0.15) is 11.4 Å². The molecule has 1 heterocycles. The average molecular weight is 240 g/mol. The number of aromatic nitrogens is 2. The third-order valence-corrected chi connectivity index (χ3v) is 2.67. The van der Waals surface area contributed by atoms with E-state index in [1.165, 1.54) is 0 Å². The molecule has 0 aliphatic heterocycles. The lowest BCUT2D eigenvalue weighted by atomic mass is 10.3. The predicted molar refractivity (Wildman–Crippen MR) is 66.1 cm³/mol. The Morgan fingerprint density at radius 3 is 2.19 bits per heavy atom. The number of aryl methyl sites for hydroxylation is 1.